The Bertz CT molecular complexity index is 617. The lowest BCUT2D eigenvalue weighted by atomic mass is 10.1. The van der Waals surface area contributed by atoms with Gasteiger partial charge in [-0.2, -0.15) is 15.0 Å². The highest BCUT2D eigenvalue weighted by Crippen LogP contribution is 2.21. The fraction of sp³-hybridized carbons (Fsp3) is 0.308. The van der Waals surface area contributed by atoms with E-state index in [1.807, 2.05) is 45.3 Å². The normalized spacial score (nSPS) is 11.9. The van der Waals surface area contributed by atoms with Gasteiger partial charge in [-0.3, -0.25) is 5.43 Å². The number of rotatable bonds is 5. The Morgan fingerprint density at radius 3 is 2.52 bits per heavy atom. The van der Waals surface area contributed by atoms with E-state index >= 15 is 0 Å². The maximum absolute atomic E-state index is 5.39. The van der Waals surface area contributed by atoms with Gasteiger partial charge >= 0.3 is 0 Å². The molecule has 0 fully saturated rings. The molecule has 0 spiro atoms. The van der Waals surface area contributed by atoms with Crippen molar-refractivity contribution in [3.63, 3.8) is 0 Å². The number of nitrogens with zero attached hydrogens (tertiary/aromatic N) is 4. The van der Waals surface area contributed by atoms with Crippen molar-refractivity contribution in [2.24, 2.45) is 5.84 Å². The first-order chi connectivity index (χ1) is 9.99. The van der Waals surface area contributed by atoms with E-state index < -0.39 is 0 Å². The van der Waals surface area contributed by atoms with Crippen molar-refractivity contribution in [1.82, 2.24) is 15.0 Å². The van der Waals surface area contributed by atoms with Crippen molar-refractivity contribution in [3.05, 3.63) is 34.3 Å². The molecule has 0 radical (unpaired) electrons. The largest absolute Gasteiger partial charge is 0.348 e. The summed E-state index contributed by atoms with van der Waals surface area (Å²) in [6.45, 7) is 2.04. The van der Waals surface area contributed by atoms with Gasteiger partial charge in [0.1, 0.15) is 0 Å². The zero-order valence-corrected chi connectivity index (χ0v) is 13.7. The first kappa shape index (κ1) is 15.5. The molecule has 0 amide bonds. The highest BCUT2D eigenvalue weighted by Gasteiger charge is 2.11. The molecular weight excluding hydrogens is 334 g/mol. The van der Waals surface area contributed by atoms with Gasteiger partial charge in [0.05, 0.1) is 6.04 Å². The zero-order chi connectivity index (χ0) is 15.4. The first-order valence-electron chi connectivity index (χ1n) is 6.41. The molecular formula is C13H18BrN7. The van der Waals surface area contributed by atoms with E-state index in [0.29, 0.717) is 17.8 Å². The molecule has 0 bridgehead atoms. The van der Waals surface area contributed by atoms with E-state index in [0.717, 1.165) is 10.0 Å². The molecule has 112 valence electrons. The second kappa shape index (κ2) is 6.68. The minimum Gasteiger partial charge on any atom is -0.348 e. The average Bonchev–Trinajstić information content (AvgIpc) is 2.46. The van der Waals surface area contributed by atoms with E-state index in [9.17, 15) is 0 Å². The molecule has 0 saturated carbocycles. The summed E-state index contributed by atoms with van der Waals surface area (Å²) in [6.07, 6.45) is 0. The summed E-state index contributed by atoms with van der Waals surface area (Å²) >= 11 is 3.47. The Balaban J connectivity index is 2.24. The van der Waals surface area contributed by atoms with Crippen LogP contribution in [0.15, 0.2) is 28.7 Å². The summed E-state index contributed by atoms with van der Waals surface area (Å²) in [5, 5.41) is 3.25. The van der Waals surface area contributed by atoms with Gasteiger partial charge in [-0.15, -0.1) is 0 Å². The predicted molar refractivity (Wildman–Crippen MR) is 88.1 cm³/mol. The molecule has 1 unspecified atom stereocenters. The average molecular weight is 352 g/mol. The number of benzene rings is 1. The van der Waals surface area contributed by atoms with Crippen LogP contribution in [-0.4, -0.2) is 29.0 Å². The Kier molecular flexibility index (Phi) is 4.92. The number of aromatic nitrogens is 3. The SMILES string of the molecule is CC(Nc1nc(NN)nc(N(C)C)n1)c1cccc(Br)c1. The van der Waals surface area contributed by atoms with Gasteiger partial charge in [0.15, 0.2) is 0 Å². The summed E-state index contributed by atoms with van der Waals surface area (Å²) in [6, 6.07) is 8.11. The monoisotopic (exact) mass is 351 g/mol. The van der Waals surface area contributed by atoms with Crippen LogP contribution in [0.3, 0.4) is 0 Å². The van der Waals surface area contributed by atoms with E-state index in [4.69, 9.17) is 5.84 Å². The van der Waals surface area contributed by atoms with E-state index in [-0.39, 0.29) is 6.04 Å². The van der Waals surface area contributed by atoms with Crippen LogP contribution in [-0.2, 0) is 0 Å². The van der Waals surface area contributed by atoms with Crippen molar-refractivity contribution in [2.45, 2.75) is 13.0 Å². The third-order valence-corrected chi connectivity index (χ3v) is 3.34. The van der Waals surface area contributed by atoms with Gasteiger partial charge in [-0.25, -0.2) is 5.84 Å². The fourth-order valence-corrected chi connectivity index (χ4v) is 2.16. The maximum Gasteiger partial charge on any atom is 0.243 e. The highest BCUT2D eigenvalue weighted by molar-refractivity contribution is 9.10. The molecule has 1 aromatic carbocycles. The number of hydrogen-bond donors (Lipinski definition) is 3. The molecule has 1 heterocycles. The molecule has 2 rings (SSSR count). The number of hydrazine groups is 1. The molecule has 7 nitrogen and oxygen atoms in total. The number of nitrogen functional groups attached to an aromatic ring is 1. The second-order valence-electron chi connectivity index (χ2n) is 4.74. The molecule has 2 aromatic rings. The first-order valence-corrected chi connectivity index (χ1v) is 7.21. The van der Waals surface area contributed by atoms with Crippen molar-refractivity contribution in [3.8, 4) is 0 Å². The van der Waals surface area contributed by atoms with Gasteiger partial charge in [0, 0.05) is 18.6 Å². The summed E-state index contributed by atoms with van der Waals surface area (Å²) in [4.78, 5) is 14.5. The quantitative estimate of drug-likeness (QED) is 0.561. The van der Waals surface area contributed by atoms with E-state index in [1.165, 1.54) is 0 Å². The third-order valence-electron chi connectivity index (χ3n) is 2.85. The summed E-state index contributed by atoms with van der Waals surface area (Å²) in [7, 11) is 3.72. The Hall–Kier alpha value is -1.93. The molecule has 0 saturated heterocycles. The number of nitrogens with one attached hydrogen (secondary N) is 2. The third kappa shape index (κ3) is 4.02. The smallest absolute Gasteiger partial charge is 0.243 e. The molecule has 0 aliphatic rings. The predicted octanol–water partition coefficient (Wildman–Crippen LogP) is 2.16. The number of anilines is 3. The molecule has 8 heteroatoms. The summed E-state index contributed by atoms with van der Waals surface area (Å²) in [5.41, 5.74) is 3.57. The molecule has 4 N–H and O–H groups in total. The Morgan fingerprint density at radius 1 is 1.19 bits per heavy atom. The topological polar surface area (TPSA) is 92.0 Å². The molecule has 1 aromatic heterocycles. The van der Waals surface area contributed by atoms with Crippen molar-refractivity contribution < 1.29 is 0 Å². The second-order valence-corrected chi connectivity index (χ2v) is 5.66. The van der Waals surface area contributed by atoms with Gasteiger partial charge in [0.25, 0.3) is 0 Å². The van der Waals surface area contributed by atoms with Crippen LogP contribution < -0.4 is 21.5 Å². The molecule has 1 atom stereocenters. The lowest BCUT2D eigenvalue weighted by Gasteiger charge is -2.17. The number of hydrogen-bond acceptors (Lipinski definition) is 7. The zero-order valence-electron chi connectivity index (χ0n) is 12.1. The summed E-state index contributed by atoms with van der Waals surface area (Å²) in [5.74, 6) is 6.71. The number of nitrogens with two attached hydrogens (primary N) is 1. The Labute approximate surface area is 132 Å². The van der Waals surface area contributed by atoms with Crippen LogP contribution in [0, 0.1) is 0 Å². The molecule has 21 heavy (non-hydrogen) atoms. The minimum absolute atomic E-state index is 0.0468. The van der Waals surface area contributed by atoms with Crippen LogP contribution >= 0.6 is 15.9 Å². The van der Waals surface area contributed by atoms with Crippen LogP contribution in [0.5, 0.6) is 0 Å². The van der Waals surface area contributed by atoms with Crippen LogP contribution in [0.1, 0.15) is 18.5 Å². The van der Waals surface area contributed by atoms with E-state index in [1.54, 1.807) is 4.90 Å². The van der Waals surface area contributed by atoms with E-state index in [2.05, 4.69) is 41.6 Å². The highest BCUT2D eigenvalue weighted by atomic mass is 79.9. The van der Waals surface area contributed by atoms with Crippen molar-refractivity contribution in [1.29, 1.82) is 0 Å². The molecule has 0 aliphatic carbocycles. The van der Waals surface area contributed by atoms with Gasteiger partial charge in [0.2, 0.25) is 17.8 Å². The van der Waals surface area contributed by atoms with Gasteiger partial charge in [-0.05, 0) is 24.6 Å². The minimum atomic E-state index is 0.0468. The Morgan fingerprint density at radius 2 is 1.90 bits per heavy atom. The fourth-order valence-electron chi connectivity index (χ4n) is 1.75. The standard InChI is InChI=1S/C13H18BrN7/c1-8(9-5-4-6-10(14)7-9)16-11-17-12(20-15)19-13(18-11)21(2)3/h4-8H,15H2,1-3H3,(H2,16,17,18,19,20). The number of halogens is 1. The van der Waals surface area contributed by atoms with Crippen molar-refractivity contribution >= 4 is 33.8 Å². The van der Waals surface area contributed by atoms with Gasteiger partial charge in [-0.1, -0.05) is 28.1 Å². The summed E-state index contributed by atoms with van der Waals surface area (Å²) < 4.78 is 1.03. The van der Waals surface area contributed by atoms with Gasteiger partial charge < -0.3 is 10.2 Å². The van der Waals surface area contributed by atoms with Crippen LogP contribution in [0.2, 0.25) is 0 Å². The van der Waals surface area contributed by atoms with Crippen LogP contribution in [0.4, 0.5) is 17.8 Å². The molecule has 0 aliphatic heterocycles. The van der Waals surface area contributed by atoms with Crippen molar-refractivity contribution in [2.75, 3.05) is 29.7 Å². The van der Waals surface area contributed by atoms with Crippen LogP contribution in [0.25, 0.3) is 0 Å². The lowest BCUT2D eigenvalue weighted by Crippen LogP contribution is -2.19. The maximum atomic E-state index is 5.39. The lowest BCUT2D eigenvalue weighted by molar-refractivity contribution is 0.846.